The Morgan fingerprint density at radius 2 is 1.94 bits per heavy atom. The molecule has 1 N–H and O–H groups in total. The Morgan fingerprint density at radius 3 is 2.62 bits per heavy atom. The van der Waals surface area contributed by atoms with Crippen LogP contribution in [0.1, 0.15) is 32.4 Å². The highest BCUT2D eigenvalue weighted by molar-refractivity contribution is 5.92. The minimum Gasteiger partial charge on any atom is -0.484 e. The van der Waals surface area contributed by atoms with Crippen LogP contribution >= 0.6 is 0 Å². The fourth-order valence-electron chi connectivity index (χ4n) is 3.74. The zero-order chi connectivity index (χ0) is 22.7. The molecular formula is C22H27N5O5. The van der Waals surface area contributed by atoms with E-state index in [2.05, 4.69) is 15.4 Å². The number of allylic oxidation sites excluding steroid dienone is 1. The molecule has 0 radical (unpaired) electrons. The molecule has 2 aromatic rings. The van der Waals surface area contributed by atoms with Crippen molar-refractivity contribution >= 4 is 17.8 Å². The number of hydrogen-bond acceptors (Lipinski definition) is 8. The van der Waals surface area contributed by atoms with Crippen molar-refractivity contribution < 1.29 is 23.8 Å². The van der Waals surface area contributed by atoms with Crippen LogP contribution in [0, 0.1) is 0 Å². The second-order valence-corrected chi connectivity index (χ2v) is 7.90. The summed E-state index contributed by atoms with van der Waals surface area (Å²) < 4.78 is 18.1. The summed E-state index contributed by atoms with van der Waals surface area (Å²) in [5, 5.41) is 7.42. The largest absolute Gasteiger partial charge is 0.484 e. The highest BCUT2D eigenvalue weighted by Gasteiger charge is 2.34. The van der Waals surface area contributed by atoms with Crippen molar-refractivity contribution in [3.8, 4) is 5.75 Å². The number of morpholine rings is 1. The molecular weight excluding hydrogens is 414 g/mol. The predicted octanol–water partition coefficient (Wildman–Crippen LogP) is 1.76. The van der Waals surface area contributed by atoms with Crippen molar-refractivity contribution in [2.75, 3.05) is 38.2 Å². The van der Waals surface area contributed by atoms with Crippen LogP contribution in [0.25, 0.3) is 0 Å². The number of amides is 1. The van der Waals surface area contributed by atoms with Gasteiger partial charge in [-0.05, 0) is 38.5 Å². The van der Waals surface area contributed by atoms with Crippen LogP contribution in [0.5, 0.6) is 5.75 Å². The number of rotatable bonds is 6. The molecule has 1 amide bonds. The van der Waals surface area contributed by atoms with Crippen molar-refractivity contribution in [3.05, 3.63) is 47.4 Å². The monoisotopic (exact) mass is 441 g/mol. The van der Waals surface area contributed by atoms with Crippen molar-refractivity contribution in [3.63, 3.8) is 0 Å². The van der Waals surface area contributed by atoms with E-state index in [1.807, 2.05) is 32.9 Å². The molecule has 3 heterocycles. The number of nitrogens with one attached hydrogen (secondary N) is 1. The summed E-state index contributed by atoms with van der Waals surface area (Å²) in [7, 11) is 0. The van der Waals surface area contributed by atoms with Gasteiger partial charge in [-0.1, -0.05) is 12.1 Å². The zero-order valence-corrected chi connectivity index (χ0v) is 18.4. The first-order valence-corrected chi connectivity index (χ1v) is 10.6. The van der Waals surface area contributed by atoms with E-state index in [-0.39, 0.29) is 18.6 Å². The average Bonchev–Trinajstić information content (AvgIpc) is 3.25. The summed E-state index contributed by atoms with van der Waals surface area (Å²) in [6.07, 6.45) is 1.19. The topological polar surface area (TPSA) is 108 Å². The number of fused-ring (bicyclic) bond motifs is 1. The van der Waals surface area contributed by atoms with Crippen LogP contribution < -0.4 is 10.1 Å². The molecule has 1 atom stereocenters. The molecule has 4 rings (SSSR count). The maximum atomic E-state index is 12.9. The fraction of sp³-hybridized carbons (Fsp3) is 0.455. The van der Waals surface area contributed by atoms with Gasteiger partial charge >= 0.3 is 5.97 Å². The third-order valence-electron chi connectivity index (χ3n) is 5.28. The van der Waals surface area contributed by atoms with Crippen molar-refractivity contribution in [2.24, 2.45) is 0 Å². The zero-order valence-electron chi connectivity index (χ0n) is 18.4. The first-order chi connectivity index (χ1) is 15.4. The molecule has 2 aliphatic heterocycles. The number of nitrogens with zero attached hydrogens (tertiary/aromatic N) is 4. The molecule has 1 aromatic heterocycles. The molecule has 1 aromatic carbocycles. The van der Waals surface area contributed by atoms with Crippen LogP contribution in [-0.4, -0.2) is 70.6 Å². The third-order valence-corrected chi connectivity index (χ3v) is 5.28. The number of hydrogen-bond donors (Lipinski definition) is 1. The van der Waals surface area contributed by atoms with Crippen LogP contribution in [0.15, 0.2) is 41.9 Å². The maximum Gasteiger partial charge on any atom is 0.338 e. The van der Waals surface area contributed by atoms with E-state index in [4.69, 9.17) is 14.2 Å². The van der Waals surface area contributed by atoms with Gasteiger partial charge in [0.1, 0.15) is 18.1 Å². The van der Waals surface area contributed by atoms with Gasteiger partial charge in [0.2, 0.25) is 5.95 Å². The van der Waals surface area contributed by atoms with Crippen LogP contribution in [0.3, 0.4) is 0 Å². The number of aromatic nitrogens is 3. The Balaban J connectivity index is 1.52. The van der Waals surface area contributed by atoms with Gasteiger partial charge in [0.25, 0.3) is 5.91 Å². The normalized spacial score (nSPS) is 18.2. The second-order valence-electron chi connectivity index (χ2n) is 7.90. The average molecular weight is 441 g/mol. The van der Waals surface area contributed by atoms with E-state index in [0.717, 1.165) is 5.56 Å². The Morgan fingerprint density at radius 1 is 1.22 bits per heavy atom. The van der Waals surface area contributed by atoms with Gasteiger partial charge in [0.05, 0.1) is 24.9 Å². The smallest absolute Gasteiger partial charge is 0.338 e. The summed E-state index contributed by atoms with van der Waals surface area (Å²) in [5.74, 6) is 0.632. The van der Waals surface area contributed by atoms with Crippen LogP contribution in [0.4, 0.5) is 5.95 Å². The highest BCUT2D eigenvalue weighted by atomic mass is 16.5. The molecule has 0 spiro atoms. The van der Waals surface area contributed by atoms with Crippen molar-refractivity contribution in [1.29, 1.82) is 0 Å². The summed E-state index contributed by atoms with van der Waals surface area (Å²) in [4.78, 5) is 31.1. The van der Waals surface area contributed by atoms with E-state index in [1.165, 1.54) is 6.33 Å². The van der Waals surface area contributed by atoms with E-state index >= 15 is 0 Å². The van der Waals surface area contributed by atoms with Gasteiger partial charge in [-0.2, -0.15) is 10.1 Å². The maximum absolute atomic E-state index is 12.9. The fourth-order valence-corrected chi connectivity index (χ4v) is 3.74. The van der Waals surface area contributed by atoms with E-state index < -0.39 is 12.0 Å². The van der Waals surface area contributed by atoms with Gasteiger partial charge in [0, 0.05) is 18.8 Å². The lowest BCUT2D eigenvalue weighted by Gasteiger charge is -2.28. The number of carbonyl (C=O) groups is 2. The van der Waals surface area contributed by atoms with Crippen LogP contribution in [0.2, 0.25) is 0 Å². The minimum atomic E-state index is -0.496. The standard InChI is InChI=1S/C22H27N5O5/c1-14(2)32-21(29)19-15(3)25-22-23-13-24-27(22)20(19)16-4-6-17(7-5-16)31-12-18(28)26-8-10-30-11-9-26/h4-7,13-14,20H,8-12H2,1-3H3,(H,23,24,25). The Kier molecular flexibility index (Phi) is 6.40. The molecule has 1 unspecified atom stereocenters. The number of benzene rings is 1. The number of ether oxygens (including phenoxy) is 3. The molecule has 1 saturated heterocycles. The first kappa shape index (κ1) is 21.8. The summed E-state index contributed by atoms with van der Waals surface area (Å²) >= 11 is 0. The van der Waals surface area contributed by atoms with Gasteiger partial charge < -0.3 is 24.4 Å². The van der Waals surface area contributed by atoms with E-state index in [0.29, 0.717) is 49.3 Å². The first-order valence-electron chi connectivity index (χ1n) is 10.6. The predicted molar refractivity (Wildman–Crippen MR) is 115 cm³/mol. The molecule has 0 saturated carbocycles. The van der Waals surface area contributed by atoms with Gasteiger partial charge in [-0.15, -0.1) is 0 Å². The van der Waals surface area contributed by atoms with Crippen molar-refractivity contribution in [1.82, 2.24) is 19.7 Å². The molecule has 170 valence electrons. The molecule has 10 nitrogen and oxygen atoms in total. The van der Waals surface area contributed by atoms with Gasteiger partial charge in [-0.3, -0.25) is 4.79 Å². The quantitative estimate of drug-likeness (QED) is 0.676. The summed E-state index contributed by atoms with van der Waals surface area (Å²) in [6.45, 7) is 7.66. The molecule has 0 bridgehead atoms. The van der Waals surface area contributed by atoms with Crippen LogP contribution in [-0.2, 0) is 19.1 Å². The van der Waals surface area contributed by atoms with E-state index in [1.54, 1.807) is 21.7 Å². The van der Waals surface area contributed by atoms with Gasteiger partial charge in [-0.25, -0.2) is 9.48 Å². The number of esters is 1. The lowest BCUT2D eigenvalue weighted by molar-refractivity contribution is -0.143. The Labute approximate surface area is 186 Å². The second kappa shape index (κ2) is 9.39. The van der Waals surface area contributed by atoms with Crippen molar-refractivity contribution in [2.45, 2.75) is 32.9 Å². The summed E-state index contributed by atoms with van der Waals surface area (Å²) in [6, 6.07) is 6.77. The molecule has 10 heteroatoms. The molecule has 32 heavy (non-hydrogen) atoms. The van der Waals surface area contributed by atoms with Gasteiger partial charge in [0.15, 0.2) is 6.61 Å². The Hall–Kier alpha value is -3.40. The lowest BCUT2D eigenvalue weighted by atomic mass is 9.95. The third kappa shape index (κ3) is 4.59. The molecule has 2 aliphatic rings. The lowest BCUT2D eigenvalue weighted by Crippen LogP contribution is -2.42. The number of anilines is 1. The Bertz CT molecular complexity index is 1010. The summed E-state index contributed by atoms with van der Waals surface area (Å²) in [5.41, 5.74) is 1.95. The minimum absolute atomic E-state index is 0.0368. The van der Waals surface area contributed by atoms with E-state index in [9.17, 15) is 9.59 Å². The SMILES string of the molecule is CC1=C(C(=O)OC(C)C)C(c2ccc(OCC(=O)N3CCOCC3)cc2)n2ncnc2N1. The molecule has 1 fully saturated rings. The molecule has 0 aliphatic carbocycles. The number of carbonyl (C=O) groups excluding carboxylic acids is 2. The highest BCUT2D eigenvalue weighted by Crippen LogP contribution is 2.35.